The van der Waals surface area contributed by atoms with Gasteiger partial charge in [0.2, 0.25) is 0 Å². The van der Waals surface area contributed by atoms with Crippen LogP contribution in [0.2, 0.25) is 0 Å². The number of hydrogen-bond acceptors (Lipinski definition) is 4. The van der Waals surface area contributed by atoms with E-state index in [0.717, 1.165) is 37.7 Å². The van der Waals surface area contributed by atoms with Crippen LogP contribution in [-0.2, 0) is 4.74 Å². The zero-order valence-corrected chi connectivity index (χ0v) is 14.8. The molecule has 5 nitrogen and oxygen atoms in total. The minimum Gasteiger partial charge on any atom is -0.435 e. The lowest BCUT2D eigenvalue weighted by Crippen LogP contribution is -2.36. The maximum Gasteiger partial charge on any atom is 0.387 e. The molecule has 0 spiro atoms. The Labute approximate surface area is 155 Å². The zero-order valence-electron chi connectivity index (χ0n) is 14.0. The standard InChI is InChI=1S/C18H19F2N3O2S/c19-17(20)25-16-7-3-14(4-8-16)22-18(26)21-13-1-5-15(6-2-13)23-9-11-24-12-10-23/h1-8,17H,9-12H2,(H2,21,22,26). The van der Waals surface area contributed by atoms with E-state index in [0.29, 0.717) is 10.8 Å². The van der Waals surface area contributed by atoms with Crippen LogP contribution in [-0.4, -0.2) is 38.0 Å². The molecule has 138 valence electrons. The van der Waals surface area contributed by atoms with Gasteiger partial charge in [-0.25, -0.2) is 0 Å². The van der Waals surface area contributed by atoms with E-state index in [9.17, 15) is 8.78 Å². The zero-order chi connectivity index (χ0) is 18.4. The lowest BCUT2D eigenvalue weighted by molar-refractivity contribution is -0.0498. The second kappa shape index (κ2) is 8.77. The molecule has 1 saturated heterocycles. The van der Waals surface area contributed by atoms with E-state index in [4.69, 9.17) is 17.0 Å². The van der Waals surface area contributed by atoms with E-state index < -0.39 is 6.61 Å². The molecule has 0 saturated carbocycles. The molecule has 2 N–H and O–H groups in total. The number of anilines is 3. The number of alkyl halides is 2. The molecule has 0 aliphatic carbocycles. The Bertz CT molecular complexity index is 720. The third-order valence-electron chi connectivity index (χ3n) is 3.84. The highest BCUT2D eigenvalue weighted by molar-refractivity contribution is 7.80. The topological polar surface area (TPSA) is 45.8 Å². The molecule has 0 bridgehead atoms. The van der Waals surface area contributed by atoms with Gasteiger partial charge in [0.25, 0.3) is 0 Å². The lowest BCUT2D eigenvalue weighted by Gasteiger charge is -2.29. The molecule has 0 atom stereocenters. The van der Waals surface area contributed by atoms with Gasteiger partial charge in [-0.2, -0.15) is 8.78 Å². The molecule has 1 aliphatic rings. The van der Waals surface area contributed by atoms with Gasteiger partial charge in [0.15, 0.2) is 5.11 Å². The summed E-state index contributed by atoms with van der Waals surface area (Å²) in [5.74, 6) is 0.100. The molecule has 0 unspecified atom stereocenters. The summed E-state index contributed by atoms with van der Waals surface area (Å²) in [4.78, 5) is 2.27. The highest BCUT2D eigenvalue weighted by Crippen LogP contribution is 2.20. The maximum absolute atomic E-state index is 12.1. The van der Waals surface area contributed by atoms with Crippen LogP contribution in [0.15, 0.2) is 48.5 Å². The minimum absolute atomic E-state index is 0.100. The Morgan fingerprint density at radius 2 is 1.50 bits per heavy atom. The predicted molar refractivity (Wildman–Crippen MR) is 102 cm³/mol. The largest absolute Gasteiger partial charge is 0.435 e. The molecule has 0 aromatic heterocycles. The van der Waals surface area contributed by atoms with E-state index in [-0.39, 0.29) is 5.75 Å². The molecule has 1 heterocycles. The van der Waals surface area contributed by atoms with Crippen molar-refractivity contribution >= 4 is 34.4 Å². The van der Waals surface area contributed by atoms with Crippen LogP contribution >= 0.6 is 12.2 Å². The molecule has 0 radical (unpaired) electrons. The molecule has 26 heavy (non-hydrogen) atoms. The quantitative estimate of drug-likeness (QED) is 0.768. The van der Waals surface area contributed by atoms with Crippen LogP contribution in [0.25, 0.3) is 0 Å². The normalized spacial score (nSPS) is 14.2. The summed E-state index contributed by atoms with van der Waals surface area (Å²) in [7, 11) is 0. The molecule has 2 aromatic rings. The highest BCUT2D eigenvalue weighted by atomic mass is 32.1. The maximum atomic E-state index is 12.1. The van der Waals surface area contributed by atoms with E-state index >= 15 is 0 Å². The van der Waals surface area contributed by atoms with Crippen molar-refractivity contribution in [3.05, 3.63) is 48.5 Å². The summed E-state index contributed by atoms with van der Waals surface area (Å²) < 4.78 is 34.0. The summed E-state index contributed by atoms with van der Waals surface area (Å²) in [6.45, 7) is 0.428. The third-order valence-corrected chi connectivity index (χ3v) is 4.04. The van der Waals surface area contributed by atoms with E-state index in [1.165, 1.54) is 12.1 Å². The SMILES string of the molecule is FC(F)Oc1ccc(NC(=S)Nc2ccc(N3CCOCC3)cc2)cc1. The predicted octanol–water partition coefficient (Wildman–Crippen LogP) is 3.93. The first-order chi connectivity index (χ1) is 12.6. The second-order valence-corrected chi connectivity index (χ2v) is 6.04. The van der Waals surface area contributed by atoms with Gasteiger partial charge in [-0.3, -0.25) is 0 Å². The van der Waals surface area contributed by atoms with Gasteiger partial charge in [-0.05, 0) is 60.7 Å². The van der Waals surface area contributed by atoms with Gasteiger partial charge < -0.3 is 25.0 Å². The Morgan fingerprint density at radius 3 is 2.04 bits per heavy atom. The molecule has 8 heteroatoms. The summed E-state index contributed by atoms with van der Waals surface area (Å²) in [5, 5.41) is 6.50. The number of hydrogen-bond donors (Lipinski definition) is 2. The minimum atomic E-state index is -2.84. The number of ether oxygens (including phenoxy) is 2. The number of morpholine rings is 1. The fourth-order valence-corrected chi connectivity index (χ4v) is 2.83. The molecular formula is C18H19F2N3O2S. The van der Waals surface area contributed by atoms with Gasteiger partial charge in [-0.1, -0.05) is 0 Å². The first-order valence-electron chi connectivity index (χ1n) is 8.16. The van der Waals surface area contributed by atoms with Gasteiger partial charge in [0.1, 0.15) is 5.75 Å². The fraction of sp³-hybridized carbons (Fsp3) is 0.278. The lowest BCUT2D eigenvalue weighted by atomic mass is 10.2. The van der Waals surface area contributed by atoms with Crippen LogP contribution in [0.5, 0.6) is 5.75 Å². The summed E-state index contributed by atoms with van der Waals surface area (Å²) in [6, 6.07) is 14.1. The number of halogens is 2. The Morgan fingerprint density at radius 1 is 0.962 bits per heavy atom. The highest BCUT2D eigenvalue weighted by Gasteiger charge is 2.11. The van der Waals surface area contributed by atoms with E-state index in [1.807, 2.05) is 24.3 Å². The Hall–Kier alpha value is -2.45. The summed E-state index contributed by atoms with van der Waals surface area (Å²) >= 11 is 5.28. The average Bonchev–Trinajstić information content (AvgIpc) is 2.64. The number of nitrogens with zero attached hydrogens (tertiary/aromatic N) is 1. The van der Waals surface area contributed by atoms with Crippen LogP contribution in [0.1, 0.15) is 0 Å². The first kappa shape index (κ1) is 18.3. The smallest absolute Gasteiger partial charge is 0.387 e. The van der Waals surface area contributed by atoms with Crippen LogP contribution < -0.4 is 20.3 Å². The number of rotatable bonds is 5. The van der Waals surface area contributed by atoms with E-state index in [1.54, 1.807) is 12.1 Å². The number of nitrogens with one attached hydrogen (secondary N) is 2. The van der Waals surface area contributed by atoms with Crippen molar-refractivity contribution in [2.75, 3.05) is 41.8 Å². The van der Waals surface area contributed by atoms with E-state index in [2.05, 4.69) is 20.3 Å². The molecule has 1 fully saturated rings. The van der Waals surface area contributed by atoms with Crippen molar-refractivity contribution in [1.29, 1.82) is 0 Å². The van der Waals surface area contributed by atoms with Crippen molar-refractivity contribution in [3.8, 4) is 5.75 Å². The molecule has 0 amide bonds. The first-order valence-corrected chi connectivity index (χ1v) is 8.56. The molecule has 1 aliphatic heterocycles. The van der Waals surface area contributed by atoms with Crippen LogP contribution in [0, 0.1) is 0 Å². The third kappa shape index (κ3) is 5.27. The van der Waals surface area contributed by atoms with Crippen LogP contribution in [0.3, 0.4) is 0 Å². The Kier molecular flexibility index (Phi) is 6.19. The number of benzene rings is 2. The van der Waals surface area contributed by atoms with Crippen molar-refractivity contribution in [3.63, 3.8) is 0 Å². The Balaban J connectivity index is 1.52. The average molecular weight is 379 g/mol. The fourth-order valence-electron chi connectivity index (χ4n) is 2.59. The van der Waals surface area contributed by atoms with Crippen molar-refractivity contribution in [2.45, 2.75) is 6.61 Å². The van der Waals surface area contributed by atoms with Gasteiger partial charge in [-0.15, -0.1) is 0 Å². The van der Waals surface area contributed by atoms with Crippen molar-refractivity contribution in [1.82, 2.24) is 0 Å². The summed E-state index contributed by atoms with van der Waals surface area (Å²) in [5.41, 5.74) is 2.68. The van der Waals surface area contributed by atoms with Gasteiger partial charge in [0, 0.05) is 30.2 Å². The monoisotopic (exact) mass is 379 g/mol. The second-order valence-electron chi connectivity index (χ2n) is 5.63. The summed E-state index contributed by atoms with van der Waals surface area (Å²) in [6.07, 6.45) is 0. The van der Waals surface area contributed by atoms with Crippen molar-refractivity contribution < 1.29 is 18.3 Å². The molecule has 2 aromatic carbocycles. The molecular weight excluding hydrogens is 360 g/mol. The van der Waals surface area contributed by atoms with Gasteiger partial charge >= 0.3 is 6.61 Å². The van der Waals surface area contributed by atoms with Crippen LogP contribution in [0.4, 0.5) is 25.8 Å². The van der Waals surface area contributed by atoms with Crippen molar-refractivity contribution in [2.24, 2.45) is 0 Å². The van der Waals surface area contributed by atoms with Gasteiger partial charge in [0.05, 0.1) is 13.2 Å². The molecule has 3 rings (SSSR count). The number of thiocarbonyl (C=S) groups is 1.